The Hall–Kier alpha value is -2.64. The molecule has 0 saturated heterocycles. The molecule has 1 saturated carbocycles. The van der Waals surface area contributed by atoms with E-state index in [-0.39, 0.29) is 22.6 Å². The first-order valence-corrected chi connectivity index (χ1v) is 12.3. The molecule has 1 aliphatic rings. The zero-order chi connectivity index (χ0) is 22.8. The Morgan fingerprint density at radius 1 is 1.19 bits per heavy atom. The molecule has 0 bridgehead atoms. The van der Waals surface area contributed by atoms with Gasteiger partial charge >= 0.3 is 0 Å². The maximum absolute atomic E-state index is 12.6. The smallest absolute Gasteiger partial charge is 0.253 e. The van der Waals surface area contributed by atoms with Crippen molar-refractivity contribution < 1.29 is 13.2 Å². The summed E-state index contributed by atoms with van der Waals surface area (Å²) in [4.78, 5) is 12.8. The molecule has 6 nitrogen and oxygen atoms in total. The average Bonchev–Trinajstić information content (AvgIpc) is 2.72. The highest BCUT2D eigenvalue weighted by Crippen LogP contribution is 2.37. The van der Waals surface area contributed by atoms with Gasteiger partial charge in [-0.1, -0.05) is 24.8 Å². The minimum absolute atomic E-state index is 0.0171. The minimum Gasteiger partial charge on any atom is -0.490 e. The summed E-state index contributed by atoms with van der Waals surface area (Å²) in [5.41, 5.74) is 8.55. The van der Waals surface area contributed by atoms with E-state index < -0.39 is 9.84 Å². The number of pyridine rings is 1. The van der Waals surface area contributed by atoms with Crippen molar-refractivity contribution in [3.63, 3.8) is 0 Å². The molecule has 166 valence electrons. The number of rotatable bonds is 6. The van der Waals surface area contributed by atoms with Crippen LogP contribution in [-0.4, -0.2) is 31.4 Å². The Bertz CT molecular complexity index is 1170. The van der Waals surface area contributed by atoms with Crippen LogP contribution in [0.1, 0.15) is 36.8 Å². The second-order valence-electron chi connectivity index (χ2n) is 8.18. The van der Waals surface area contributed by atoms with Gasteiger partial charge in [-0.15, -0.1) is 0 Å². The molecule has 0 unspecified atom stereocenters. The second kappa shape index (κ2) is 9.24. The Kier molecular flexibility index (Phi) is 6.86. The highest BCUT2D eigenvalue weighted by molar-refractivity contribution is 7.90. The number of nitrogens with zero attached hydrogens (tertiary/aromatic N) is 1. The van der Waals surface area contributed by atoms with Crippen LogP contribution in [0.5, 0.6) is 5.75 Å². The molecular formula is C24H30N2O4S. The Morgan fingerprint density at radius 3 is 2.48 bits per heavy atom. The van der Waals surface area contributed by atoms with Crippen LogP contribution in [-0.2, 0) is 16.9 Å². The lowest BCUT2D eigenvalue weighted by Gasteiger charge is -2.28. The van der Waals surface area contributed by atoms with Crippen molar-refractivity contribution in [3.05, 3.63) is 64.6 Å². The van der Waals surface area contributed by atoms with E-state index in [1.165, 1.54) is 10.8 Å². The maximum atomic E-state index is 12.6. The fraction of sp³-hybridized carbons (Fsp3) is 0.375. The first-order chi connectivity index (χ1) is 14.6. The Labute approximate surface area is 184 Å². The van der Waals surface area contributed by atoms with Crippen LogP contribution in [0.2, 0.25) is 0 Å². The molecule has 0 radical (unpaired) electrons. The number of benzene rings is 1. The van der Waals surface area contributed by atoms with Crippen LogP contribution >= 0.6 is 0 Å². The summed E-state index contributed by atoms with van der Waals surface area (Å²) in [5, 5.41) is 0. The standard InChI is InChI=1S/C24H30N2O4S/c1-5-6-7-20-16(2)24(27)26(3)15-22(20)21-14-19(31(4,28)29)12-13-23(21)30-18-10-8-17(25)9-11-18/h5-7,12-15,17-18H,1,8-11,25H2,2-4H3/b7-6-. The average molecular weight is 443 g/mol. The number of allylic oxidation sites excluding steroid dienone is 2. The van der Waals surface area contributed by atoms with Crippen molar-refractivity contribution in [2.75, 3.05) is 6.26 Å². The van der Waals surface area contributed by atoms with Gasteiger partial charge in [-0.3, -0.25) is 4.79 Å². The molecule has 0 spiro atoms. The predicted octanol–water partition coefficient (Wildman–Crippen LogP) is 3.61. The SMILES string of the molecule is C=C/C=C\c1c(-c2cc(S(C)(=O)=O)ccc2OC2CCC(N)CC2)cn(C)c(=O)c1C. The van der Waals surface area contributed by atoms with E-state index in [1.54, 1.807) is 50.5 Å². The lowest BCUT2D eigenvalue weighted by molar-refractivity contribution is 0.148. The predicted molar refractivity (Wildman–Crippen MR) is 125 cm³/mol. The van der Waals surface area contributed by atoms with E-state index in [9.17, 15) is 13.2 Å². The summed E-state index contributed by atoms with van der Waals surface area (Å²) in [7, 11) is -1.74. The lowest BCUT2D eigenvalue weighted by atomic mass is 9.93. The second-order valence-corrected chi connectivity index (χ2v) is 10.2. The normalized spacial score (nSPS) is 19.5. The molecule has 0 atom stereocenters. The van der Waals surface area contributed by atoms with Gasteiger partial charge in [-0.25, -0.2) is 8.42 Å². The van der Waals surface area contributed by atoms with Crippen LogP contribution in [0.3, 0.4) is 0 Å². The number of nitrogens with two attached hydrogens (primary N) is 1. The zero-order valence-corrected chi connectivity index (χ0v) is 19.1. The highest BCUT2D eigenvalue weighted by Gasteiger charge is 2.23. The zero-order valence-electron chi connectivity index (χ0n) is 18.3. The van der Waals surface area contributed by atoms with Crippen LogP contribution < -0.4 is 16.0 Å². The van der Waals surface area contributed by atoms with Crippen LogP contribution in [0.4, 0.5) is 0 Å². The van der Waals surface area contributed by atoms with E-state index in [0.29, 0.717) is 22.4 Å². The summed E-state index contributed by atoms with van der Waals surface area (Å²) in [6, 6.07) is 5.11. The van der Waals surface area contributed by atoms with Gasteiger partial charge in [0.25, 0.3) is 5.56 Å². The molecule has 1 fully saturated rings. The van der Waals surface area contributed by atoms with Crippen molar-refractivity contribution in [2.24, 2.45) is 12.8 Å². The third-order valence-electron chi connectivity index (χ3n) is 5.74. The molecule has 1 aliphatic carbocycles. The van der Waals surface area contributed by atoms with E-state index in [2.05, 4.69) is 6.58 Å². The quantitative estimate of drug-likeness (QED) is 0.690. The number of sulfone groups is 1. The molecule has 1 aromatic carbocycles. The van der Waals surface area contributed by atoms with Crippen LogP contribution in [0, 0.1) is 6.92 Å². The van der Waals surface area contributed by atoms with Gasteiger partial charge in [-0.2, -0.15) is 0 Å². The summed E-state index contributed by atoms with van der Waals surface area (Å²) < 4.78 is 32.4. The van der Waals surface area contributed by atoms with Crippen molar-refractivity contribution in [2.45, 2.75) is 49.6 Å². The fourth-order valence-corrected chi connectivity index (χ4v) is 4.58. The summed E-state index contributed by atoms with van der Waals surface area (Å²) in [6.45, 7) is 5.47. The maximum Gasteiger partial charge on any atom is 0.253 e. The van der Waals surface area contributed by atoms with Crippen LogP contribution in [0.25, 0.3) is 17.2 Å². The third-order valence-corrected chi connectivity index (χ3v) is 6.85. The molecular weight excluding hydrogens is 412 g/mol. The number of aryl methyl sites for hydroxylation is 1. The van der Waals surface area contributed by atoms with Gasteiger partial charge in [0, 0.05) is 42.2 Å². The summed E-state index contributed by atoms with van der Waals surface area (Å²) >= 11 is 0. The van der Waals surface area contributed by atoms with Gasteiger partial charge < -0.3 is 15.0 Å². The molecule has 3 rings (SSSR count). The molecule has 1 heterocycles. The fourth-order valence-electron chi connectivity index (χ4n) is 3.94. The minimum atomic E-state index is -3.42. The number of ether oxygens (including phenoxy) is 1. The van der Waals surface area contributed by atoms with Gasteiger partial charge in [0.2, 0.25) is 0 Å². The van der Waals surface area contributed by atoms with Crippen molar-refractivity contribution in [1.82, 2.24) is 4.57 Å². The van der Waals surface area contributed by atoms with Gasteiger partial charge in [-0.05, 0) is 56.4 Å². The first-order valence-electron chi connectivity index (χ1n) is 10.4. The molecule has 2 N–H and O–H groups in total. The van der Waals surface area contributed by atoms with Gasteiger partial charge in [0.1, 0.15) is 5.75 Å². The Balaban J connectivity index is 2.21. The van der Waals surface area contributed by atoms with E-state index in [1.807, 2.05) is 6.08 Å². The van der Waals surface area contributed by atoms with Gasteiger partial charge in [0.15, 0.2) is 9.84 Å². The third kappa shape index (κ3) is 5.17. The number of aromatic nitrogens is 1. The van der Waals surface area contributed by atoms with Crippen molar-refractivity contribution >= 4 is 15.9 Å². The summed E-state index contributed by atoms with van der Waals surface area (Å²) in [5.74, 6) is 0.596. The van der Waals surface area contributed by atoms with E-state index >= 15 is 0 Å². The van der Waals surface area contributed by atoms with Gasteiger partial charge in [0.05, 0.1) is 11.0 Å². The van der Waals surface area contributed by atoms with Crippen molar-refractivity contribution in [1.29, 1.82) is 0 Å². The molecule has 1 aromatic heterocycles. The number of hydrogen-bond acceptors (Lipinski definition) is 5. The summed E-state index contributed by atoms with van der Waals surface area (Å²) in [6.07, 6.45) is 11.6. The van der Waals surface area contributed by atoms with Crippen molar-refractivity contribution in [3.8, 4) is 16.9 Å². The molecule has 0 aliphatic heterocycles. The monoisotopic (exact) mass is 442 g/mol. The molecule has 7 heteroatoms. The van der Waals surface area contributed by atoms with E-state index in [0.717, 1.165) is 31.2 Å². The molecule has 31 heavy (non-hydrogen) atoms. The lowest BCUT2D eigenvalue weighted by Crippen LogP contribution is -2.31. The Morgan fingerprint density at radius 2 is 1.87 bits per heavy atom. The highest BCUT2D eigenvalue weighted by atomic mass is 32.2. The largest absolute Gasteiger partial charge is 0.490 e. The molecule has 0 amide bonds. The molecule has 2 aromatic rings. The topological polar surface area (TPSA) is 91.4 Å². The van der Waals surface area contributed by atoms with Crippen LogP contribution in [0.15, 0.2) is 52.8 Å². The number of hydrogen-bond donors (Lipinski definition) is 1. The van der Waals surface area contributed by atoms with E-state index in [4.69, 9.17) is 10.5 Å². The first kappa shape index (κ1) is 23.0.